The van der Waals surface area contributed by atoms with Crippen molar-refractivity contribution >= 4 is 28.4 Å². The number of anilines is 2. The first kappa shape index (κ1) is 30.8. The number of nitrogens with two attached hydrogens (primary N) is 1. The number of hydrogen-bond donors (Lipinski definition) is 1. The average Bonchev–Trinajstić information content (AvgIpc) is 3.59. The molecule has 2 fully saturated rings. The summed E-state index contributed by atoms with van der Waals surface area (Å²) in [5.74, 6) is 0.646. The van der Waals surface area contributed by atoms with E-state index in [2.05, 4.69) is 16.5 Å². The zero-order valence-electron chi connectivity index (χ0n) is 25.3. The number of hydrogen-bond acceptors (Lipinski definition) is 9. The van der Waals surface area contributed by atoms with Crippen molar-refractivity contribution in [3.8, 4) is 23.0 Å². The summed E-state index contributed by atoms with van der Waals surface area (Å²) in [6.45, 7) is 8.80. The fraction of sp³-hybridized carbons (Fsp3) is 0.484. The fourth-order valence-corrected chi connectivity index (χ4v) is 6.64. The van der Waals surface area contributed by atoms with Gasteiger partial charge >= 0.3 is 12.2 Å². The summed E-state index contributed by atoms with van der Waals surface area (Å²) in [6.07, 6.45) is -3.72. The number of pyridine rings is 1. The number of carbonyl (C=O) groups excluding carboxylic acids is 1. The van der Waals surface area contributed by atoms with E-state index < -0.39 is 17.9 Å². The molecule has 0 radical (unpaired) electrons. The molecular formula is C31H35F4N7O3. The Balaban J connectivity index is 1.52. The lowest BCUT2D eigenvalue weighted by Crippen LogP contribution is -2.53. The minimum atomic E-state index is -4.69. The van der Waals surface area contributed by atoms with Crippen molar-refractivity contribution in [1.29, 1.82) is 0 Å². The first-order valence-corrected chi connectivity index (χ1v) is 14.9. The summed E-state index contributed by atoms with van der Waals surface area (Å²) in [5, 5.41) is 0.532. The maximum atomic E-state index is 14.4. The third-order valence-electron chi connectivity index (χ3n) is 8.81. The van der Waals surface area contributed by atoms with Gasteiger partial charge in [0.05, 0.1) is 28.8 Å². The van der Waals surface area contributed by atoms with Crippen LogP contribution >= 0.6 is 0 Å². The number of rotatable bonds is 6. The molecule has 3 atom stereocenters. The Hall–Kier alpha value is -4.20. The molecule has 45 heavy (non-hydrogen) atoms. The van der Waals surface area contributed by atoms with E-state index in [9.17, 15) is 22.4 Å². The largest absolute Gasteiger partial charge is 0.492 e. The van der Waals surface area contributed by atoms with Crippen molar-refractivity contribution in [2.24, 2.45) is 0 Å². The van der Waals surface area contributed by atoms with E-state index in [1.54, 1.807) is 11.0 Å². The molecular weight excluding hydrogens is 594 g/mol. The predicted octanol–water partition coefficient (Wildman–Crippen LogP) is 4.18. The third-order valence-corrected chi connectivity index (χ3v) is 8.81. The Bertz CT molecular complexity index is 1670. The lowest BCUT2D eigenvalue weighted by Gasteiger charge is -2.40. The van der Waals surface area contributed by atoms with E-state index in [1.165, 1.54) is 19.1 Å². The molecule has 0 saturated carbocycles. The number of aryl methyl sites for hydroxylation is 1. The second-order valence-corrected chi connectivity index (χ2v) is 11.9. The average molecular weight is 630 g/mol. The van der Waals surface area contributed by atoms with Gasteiger partial charge < -0.3 is 25.0 Å². The maximum Gasteiger partial charge on any atom is 0.418 e. The Labute approximate surface area is 257 Å². The minimum absolute atomic E-state index is 0.00154. The number of halogens is 4. The summed E-state index contributed by atoms with van der Waals surface area (Å²) in [5.41, 5.74) is 5.83. The summed E-state index contributed by atoms with van der Waals surface area (Å²) >= 11 is 0. The van der Waals surface area contributed by atoms with Crippen molar-refractivity contribution in [1.82, 2.24) is 24.8 Å². The monoisotopic (exact) mass is 629 g/mol. The van der Waals surface area contributed by atoms with Crippen molar-refractivity contribution in [3.05, 3.63) is 41.5 Å². The van der Waals surface area contributed by atoms with Crippen LogP contribution in [0.5, 0.6) is 11.8 Å². The van der Waals surface area contributed by atoms with Gasteiger partial charge in [-0.1, -0.05) is 6.58 Å². The summed E-state index contributed by atoms with van der Waals surface area (Å²) in [4.78, 5) is 31.6. The molecule has 2 saturated heterocycles. The number of alkyl halides is 4. The molecule has 6 rings (SSSR count). The van der Waals surface area contributed by atoms with Crippen LogP contribution in [-0.4, -0.2) is 95.4 Å². The first-order valence-electron chi connectivity index (χ1n) is 14.9. The van der Waals surface area contributed by atoms with Crippen LogP contribution in [0, 0.1) is 6.92 Å². The number of likely N-dealkylation sites (N-methyl/N-ethyl adjacent to an activating group) is 1. The van der Waals surface area contributed by atoms with Crippen LogP contribution in [0.15, 0.2) is 24.8 Å². The molecule has 1 amide bonds. The molecule has 1 aromatic carbocycles. The summed E-state index contributed by atoms with van der Waals surface area (Å²) in [6, 6.07) is 2.40. The third kappa shape index (κ3) is 5.71. The zero-order chi connectivity index (χ0) is 32.2. The number of carbonyl (C=O) groups is 1. The molecule has 0 aliphatic carbocycles. The number of fused-ring (bicyclic) bond motifs is 3. The standard InChI is InChI=1S/C31H35F4N7O3/c1-5-24(43)41-7-8-42(17(3)13-41)29-25-22(37-30(39-29)45-15-19-11-18(32)14-40(19)4)12-21(20-6-9-44-28(20)25)27-26(31(33,34)35)16(2)10-23(36)38-27/h5,10,12,17-19H,1,6-9,11,13-15H2,2-4H3,(H2,36,38)/t17?,18-,19+/m1/s1. The number of nitrogen functional groups attached to an aromatic ring is 1. The second-order valence-electron chi connectivity index (χ2n) is 11.9. The van der Waals surface area contributed by atoms with Gasteiger partial charge in [-0.15, -0.1) is 0 Å². The van der Waals surface area contributed by atoms with Crippen LogP contribution in [-0.2, 0) is 17.4 Å². The molecule has 5 heterocycles. The van der Waals surface area contributed by atoms with Crippen LogP contribution < -0.4 is 20.1 Å². The predicted molar refractivity (Wildman–Crippen MR) is 161 cm³/mol. The van der Waals surface area contributed by atoms with E-state index >= 15 is 0 Å². The van der Waals surface area contributed by atoms with Gasteiger partial charge in [0.2, 0.25) is 5.91 Å². The van der Waals surface area contributed by atoms with E-state index in [0.29, 0.717) is 67.1 Å². The van der Waals surface area contributed by atoms with E-state index in [0.717, 1.165) is 0 Å². The van der Waals surface area contributed by atoms with Crippen LogP contribution in [0.2, 0.25) is 0 Å². The highest BCUT2D eigenvalue weighted by Crippen LogP contribution is 2.47. The molecule has 10 nitrogen and oxygen atoms in total. The first-order chi connectivity index (χ1) is 21.3. The van der Waals surface area contributed by atoms with E-state index in [-0.39, 0.29) is 59.9 Å². The summed E-state index contributed by atoms with van der Waals surface area (Å²) in [7, 11) is 1.82. The Morgan fingerprint density at radius 2 is 2.00 bits per heavy atom. The Morgan fingerprint density at radius 1 is 1.22 bits per heavy atom. The van der Waals surface area contributed by atoms with Gasteiger partial charge in [-0.25, -0.2) is 9.37 Å². The number of ether oxygens (including phenoxy) is 2. The van der Waals surface area contributed by atoms with E-state index in [4.69, 9.17) is 20.2 Å². The van der Waals surface area contributed by atoms with Gasteiger partial charge in [-0.05, 0) is 51.1 Å². The van der Waals surface area contributed by atoms with Gasteiger partial charge in [-0.2, -0.15) is 23.1 Å². The van der Waals surface area contributed by atoms with Gasteiger partial charge in [0.1, 0.15) is 30.2 Å². The van der Waals surface area contributed by atoms with Crippen LogP contribution in [0.1, 0.15) is 30.0 Å². The lowest BCUT2D eigenvalue weighted by atomic mass is 9.94. The molecule has 2 aromatic heterocycles. The molecule has 14 heteroatoms. The molecule has 1 unspecified atom stereocenters. The molecule has 0 bridgehead atoms. The van der Waals surface area contributed by atoms with Gasteiger partial charge in [-0.3, -0.25) is 9.69 Å². The summed E-state index contributed by atoms with van der Waals surface area (Å²) < 4.78 is 69.4. The Kier molecular flexibility index (Phi) is 7.96. The fourth-order valence-electron chi connectivity index (χ4n) is 6.64. The van der Waals surface area contributed by atoms with Crippen LogP contribution in [0.3, 0.4) is 0 Å². The van der Waals surface area contributed by atoms with Gasteiger partial charge in [0.25, 0.3) is 0 Å². The number of nitrogens with zero attached hydrogens (tertiary/aromatic N) is 6. The number of benzene rings is 1. The van der Waals surface area contributed by atoms with Gasteiger partial charge in [0, 0.05) is 55.8 Å². The molecule has 240 valence electrons. The number of amides is 1. The molecule has 3 aliphatic heterocycles. The number of aromatic nitrogens is 3. The highest BCUT2D eigenvalue weighted by Gasteiger charge is 2.39. The van der Waals surface area contributed by atoms with Crippen molar-refractivity contribution in [3.63, 3.8) is 0 Å². The van der Waals surface area contributed by atoms with Gasteiger partial charge in [0.15, 0.2) is 0 Å². The van der Waals surface area contributed by atoms with Crippen molar-refractivity contribution in [2.75, 3.05) is 57.1 Å². The number of likely N-dealkylation sites (tertiary alicyclic amines) is 1. The van der Waals surface area contributed by atoms with Crippen LogP contribution in [0.4, 0.5) is 29.2 Å². The normalized spacial score (nSPS) is 22.1. The van der Waals surface area contributed by atoms with Crippen LogP contribution in [0.25, 0.3) is 22.2 Å². The number of piperazine rings is 1. The highest BCUT2D eigenvalue weighted by atomic mass is 19.4. The topological polar surface area (TPSA) is 110 Å². The lowest BCUT2D eigenvalue weighted by molar-refractivity contribution is -0.137. The molecule has 0 spiro atoms. The van der Waals surface area contributed by atoms with Crippen molar-refractivity contribution < 1.29 is 31.8 Å². The molecule has 2 N–H and O–H groups in total. The molecule has 3 aromatic rings. The second kappa shape index (κ2) is 11.6. The maximum absolute atomic E-state index is 14.4. The Morgan fingerprint density at radius 3 is 2.67 bits per heavy atom. The SMILES string of the molecule is C=CC(=O)N1CCN(c2nc(OC[C@@H]3C[C@@H](F)CN3C)nc3cc(-c4nc(N)cc(C)c4C(F)(F)F)c4c(c23)OCC4)C(C)C1. The molecule has 3 aliphatic rings. The highest BCUT2D eigenvalue weighted by molar-refractivity contribution is 6.01. The van der Waals surface area contributed by atoms with E-state index in [1.807, 2.05) is 23.8 Å². The minimum Gasteiger partial charge on any atom is -0.492 e. The zero-order valence-corrected chi connectivity index (χ0v) is 25.3. The van der Waals surface area contributed by atoms with Crippen molar-refractivity contribution in [2.45, 2.75) is 51.1 Å². The smallest absolute Gasteiger partial charge is 0.418 e. The quantitative estimate of drug-likeness (QED) is 0.317.